The lowest BCUT2D eigenvalue weighted by Gasteiger charge is -2.34. The molecule has 7 heteroatoms. The van der Waals surface area contributed by atoms with Gasteiger partial charge < -0.3 is 15.3 Å². The van der Waals surface area contributed by atoms with Gasteiger partial charge in [-0.15, -0.1) is 0 Å². The van der Waals surface area contributed by atoms with Gasteiger partial charge in [0.25, 0.3) is 0 Å². The van der Waals surface area contributed by atoms with Gasteiger partial charge in [-0.05, 0) is 18.6 Å². The summed E-state index contributed by atoms with van der Waals surface area (Å²) in [4.78, 5) is 29.8. The van der Waals surface area contributed by atoms with E-state index >= 15 is 0 Å². The van der Waals surface area contributed by atoms with Crippen molar-refractivity contribution in [2.75, 3.05) is 18.0 Å². The Balaban J connectivity index is 2.16. The number of nitrogens with one attached hydrogen (secondary N) is 1. The molecule has 2 aromatic heterocycles. The monoisotopic (exact) mass is 288 g/mol. The number of carbonyl (C=O) groups excluding carboxylic acids is 1. The molecule has 3 heterocycles. The number of anilines is 1. The van der Waals surface area contributed by atoms with E-state index in [0.717, 1.165) is 0 Å². The largest absolute Gasteiger partial charge is 0.476 e. The van der Waals surface area contributed by atoms with Crippen molar-refractivity contribution in [3.63, 3.8) is 0 Å². The Labute approximate surface area is 121 Å². The molecule has 1 saturated heterocycles. The SMILES string of the molecule is CCC1C(=O)NCCN1c1nc2ccccn2c1C(=O)O. The van der Waals surface area contributed by atoms with Gasteiger partial charge >= 0.3 is 5.97 Å². The van der Waals surface area contributed by atoms with E-state index in [1.54, 1.807) is 29.3 Å². The van der Waals surface area contributed by atoms with Crippen LogP contribution in [0.25, 0.3) is 5.65 Å². The van der Waals surface area contributed by atoms with Crippen LogP contribution < -0.4 is 10.2 Å². The third-order valence-corrected chi connectivity index (χ3v) is 3.70. The first-order valence-corrected chi connectivity index (χ1v) is 6.88. The number of amides is 1. The van der Waals surface area contributed by atoms with E-state index in [4.69, 9.17) is 0 Å². The summed E-state index contributed by atoms with van der Waals surface area (Å²) >= 11 is 0. The molecule has 0 aromatic carbocycles. The van der Waals surface area contributed by atoms with Crippen molar-refractivity contribution in [2.24, 2.45) is 0 Å². The number of carboxylic acids is 1. The van der Waals surface area contributed by atoms with E-state index in [2.05, 4.69) is 10.3 Å². The van der Waals surface area contributed by atoms with Gasteiger partial charge in [-0.1, -0.05) is 13.0 Å². The van der Waals surface area contributed by atoms with E-state index in [-0.39, 0.29) is 17.6 Å². The van der Waals surface area contributed by atoms with Crippen LogP contribution in [0.5, 0.6) is 0 Å². The number of hydrogen-bond donors (Lipinski definition) is 2. The number of aromatic carboxylic acids is 1. The van der Waals surface area contributed by atoms with Crippen LogP contribution in [0.1, 0.15) is 23.8 Å². The highest BCUT2D eigenvalue weighted by atomic mass is 16.4. The van der Waals surface area contributed by atoms with Crippen molar-refractivity contribution < 1.29 is 14.7 Å². The second-order valence-corrected chi connectivity index (χ2v) is 4.93. The van der Waals surface area contributed by atoms with Crippen molar-refractivity contribution in [1.29, 1.82) is 0 Å². The summed E-state index contributed by atoms with van der Waals surface area (Å²) in [5, 5.41) is 12.3. The highest BCUT2D eigenvalue weighted by molar-refractivity contribution is 5.95. The van der Waals surface area contributed by atoms with Gasteiger partial charge in [0.2, 0.25) is 5.91 Å². The van der Waals surface area contributed by atoms with E-state index in [9.17, 15) is 14.7 Å². The second-order valence-electron chi connectivity index (χ2n) is 4.93. The normalized spacial score (nSPS) is 18.8. The number of carboxylic acid groups (broad SMARTS) is 1. The summed E-state index contributed by atoms with van der Waals surface area (Å²) in [6, 6.07) is 4.92. The third kappa shape index (κ3) is 2.10. The Morgan fingerprint density at radius 3 is 3.05 bits per heavy atom. The van der Waals surface area contributed by atoms with E-state index < -0.39 is 5.97 Å². The lowest BCUT2D eigenvalue weighted by Crippen LogP contribution is -2.55. The average Bonchev–Trinajstić information content (AvgIpc) is 2.86. The molecule has 1 atom stereocenters. The first-order valence-electron chi connectivity index (χ1n) is 6.88. The highest BCUT2D eigenvalue weighted by Gasteiger charge is 2.33. The molecule has 1 aliphatic rings. The van der Waals surface area contributed by atoms with Crippen LogP contribution >= 0.6 is 0 Å². The van der Waals surface area contributed by atoms with Crippen molar-refractivity contribution in [3.05, 3.63) is 30.1 Å². The topological polar surface area (TPSA) is 86.9 Å². The van der Waals surface area contributed by atoms with Gasteiger partial charge in [-0.2, -0.15) is 0 Å². The minimum absolute atomic E-state index is 0.0860. The maximum Gasteiger partial charge on any atom is 0.356 e. The van der Waals surface area contributed by atoms with E-state index in [1.807, 2.05) is 6.92 Å². The minimum atomic E-state index is -1.05. The summed E-state index contributed by atoms with van der Waals surface area (Å²) < 4.78 is 1.54. The van der Waals surface area contributed by atoms with Crippen LogP contribution in [-0.2, 0) is 4.79 Å². The Bertz CT molecular complexity index is 709. The zero-order valence-corrected chi connectivity index (χ0v) is 11.6. The fraction of sp³-hybridized carbons (Fsp3) is 0.357. The number of rotatable bonds is 3. The number of aromatic nitrogens is 2. The fourth-order valence-corrected chi connectivity index (χ4v) is 2.76. The molecule has 0 saturated carbocycles. The van der Waals surface area contributed by atoms with Crippen LogP contribution in [0.3, 0.4) is 0 Å². The zero-order valence-electron chi connectivity index (χ0n) is 11.6. The molecule has 1 unspecified atom stereocenters. The molecule has 1 amide bonds. The molecule has 2 aromatic rings. The van der Waals surface area contributed by atoms with Gasteiger partial charge in [-0.3, -0.25) is 9.20 Å². The van der Waals surface area contributed by atoms with Crippen LogP contribution in [0.15, 0.2) is 24.4 Å². The lowest BCUT2D eigenvalue weighted by molar-refractivity contribution is -0.123. The third-order valence-electron chi connectivity index (χ3n) is 3.70. The summed E-state index contributed by atoms with van der Waals surface area (Å²) in [6.45, 7) is 2.94. The quantitative estimate of drug-likeness (QED) is 0.870. The number of pyridine rings is 1. The van der Waals surface area contributed by atoms with Gasteiger partial charge in [0, 0.05) is 19.3 Å². The zero-order chi connectivity index (χ0) is 15.0. The molecule has 0 aliphatic carbocycles. The fourth-order valence-electron chi connectivity index (χ4n) is 2.76. The maximum absolute atomic E-state index is 12.0. The molecule has 3 rings (SSSR count). The number of piperazine rings is 1. The molecular formula is C14H16N4O3. The minimum Gasteiger partial charge on any atom is -0.476 e. The maximum atomic E-state index is 12.0. The first kappa shape index (κ1) is 13.4. The Morgan fingerprint density at radius 2 is 2.33 bits per heavy atom. The first-order chi connectivity index (χ1) is 10.1. The number of fused-ring (bicyclic) bond motifs is 1. The van der Waals surface area contributed by atoms with Gasteiger partial charge in [0.15, 0.2) is 11.5 Å². The Kier molecular flexibility index (Phi) is 3.25. The summed E-state index contributed by atoms with van der Waals surface area (Å²) in [6.07, 6.45) is 2.26. The number of hydrogen-bond acceptors (Lipinski definition) is 4. The molecule has 0 radical (unpaired) electrons. The standard InChI is InChI=1S/C14H16N4O3/c1-2-9-13(19)15-6-8-17(9)12-11(14(20)21)18-7-4-3-5-10(18)16-12/h3-5,7,9H,2,6,8H2,1H3,(H,15,19)(H,20,21). The van der Waals surface area contributed by atoms with E-state index in [0.29, 0.717) is 31.0 Å². The molecular weight excluding hydrogens is 272 g/mol. The molecule has 1 aliphatic heterocycles. The Hall–Kier alpha value is -2.57. The predicted molar refractivity (Wildman–Crippen MR) is 76.6 cm³/mol. The van der Waals surface area contributed by atoms with Crippen molar-refractivity contribution in [3.8, 4) is 0 Å². The number of nitrogens with zero attached hydrogens (tertiary/aromatic N) is 3. The van der Waals surface area contributed by atoms with Crippen molar-refractivity contribution in [2.45, 2.75) is 19.4 Å². The van der Waals surface area contributed by atoms with Crippen LogP contribution in [0.4, 0.5) is 5.82 Å². The molecule has 0 bridgehead atoms. The van der Waals surface area contributed by atoms with Crippen molar-refractivity contribution >= 4 is 23.3 Å². The molecule has 0 spiro atoms. The molecule has 110 valence electrons. The Morgan fingerprint density at radius 1 is 1.52 bits per heavy atom. The van der Waals surface area contributed by atoms with E-state index in [1.165, 1.54) is 4.40 Å². The van der Waals surface area contributed by atoms with Crippen molar-refractivity contribution in [1.82, 2.24) is 14.7 Å². The van der Waals surface area contributed by atoms with Gasteiger partial charge in [0.05, 0.1) is 0 Å². The molecule has 7 nitrogen and oxygen atoms in total. The van der Waals surface area contributed by atoms with Gasteiger partial charge in [0.1, 0.15) is 11.7 Å². The number of carbonyl (C=O) groups is 2. The van der Waals surface area contributed by atoms with Crippen LogP contribution in [-0.4, -0.2) is 45.5 Å². The second kappa shape index (κ2) is 5.08. The summed E-state index contributed by atoms with van der Waals surface area (Å²) in [5.41, 5.74) is 0.657. The average molecular weight is 288 g/mol. The number of imidazole rings is 1. The highest BCUT2D eigenvalue weighted by Crippen LogP contribution is 2.25. The summed E-state index contributed by atoms with van der Waals surface area (Å²) in [7, 11) is 0. The smallest absolute Gasteiger partial charge is 0.356 e. The lowest BCUT2D eigenvalue weighted by atomic mass is 10.1. The summed E-state index contributed by atoms with van der Waals surface area (Å²) in [5.74, 6) is -0.780. The molecule has 1 fully saturated rings. The van der Waals surface area contributed by atoms with Crippen LogP contribution in [0, 0.1) is 0 Å². The predicted octanol–water partition coefficient (Wildman–Crippen LogP) is 0.747. The van der Waals surface area contributed by atoms with Crippen LogP contribution in [0.2, 0.25) is 0 Å². The molecule has 21 heavy (non-hydrogen) atoms. The van der Waals surface area contributed by atoms with Gasteiger partial charge in [-0.25, -0.2) is 9.78 Å². The molecule has 2 N–H and O–H groups in total.